The number of fused-ring (bicyclic) bond motifs is 11. The van der Waals surface area contributed by atoms with Gasteiger partial charge in [-0.05, 0) is 100 Å². The Kier molecular flexibility index (Phi) is 6.98. The largest absolute Gasteiger partial charge is 0.309 e. The van der Waals surface area contributed by atoms with Crippen molar-refractivity contribution < 1.29 is 0 Å². The van der Waals surface area contributed by atoms with Gasteiger partial charge in [-0.1, -0.05) is 141 Å². The highest BCUT2D eigenvalue weighted by molar-refractivity contribution is 6.18. The van der Waals surface area contributed by atoms with Crippen molar-refractivity contribution in [1.82, 2.24) is 9.13 Å². The molecule has 0 N–H and O–H groups in total. The topological polar surface area (TPSA) is 13.1 Å². The van der Waals surface area contributed by atoms with E-state index in [1.54, 1.807) is 0 Å². The number of hydrogen-bond donors (Lipinski definition) is 0. The van der Waals surface area contributed by atoms with Crippen LogP contribution in [0.4, 0.5) is 17.1 Å². The van der Waals surface area contributed by atoms with Crippen LogP contribution in [0.5, 0.6) is 0 Å². The van der Waals surface area contributed by atoms with Crippen molar-refractivity contribution in [3.8, 4) is 22.5 Å². The molecule has 0 atom stereocenters. The number of anilines is 3. The molecule has 0 bridgehead atoms. The van der Waals surface area contributed by atoms with Crippen molar-refractivity contribution in [2.24, 2.45) is 0 Å². The van der Waals surface area contributed by atoms with Gasteiger partial charge in [0.1, 0.15) is 0 Å². The molecule has 0 saturated carbocycles. The van der Waals surface area contributed by atoms with Crippen molar-refractivity contribution in [1.29, 1.82) is 0 Å². The third kappa shape index (κ3) is 4.56. The monoisotopic (exact) mass is 741 g/mol. The zero-order chi connectivity index (χ0) is 38.5. The van der Waals surface area contributed by atoms with Gasteiger partial charge in [0.25, 0.3) is 0 Å². The fourth-order valence-corrected chi connectivity index (χ4v) is 10.1. The van der Waals surface area contributed by atoms with Crippen LogP contribution in [0, 0.1) is 0 Å². The van der Waals surface area contributed by atoms with E-state index in [-0.39, 0.29) is 5.41 Å². The minimum atomic E-state index is -0.268. The molecule has 3 heteroatoms. The van der Waals surface area contributed by atoms with Crippen molar-refractivity contribution >= 4 is 71.4 Å². The zero-order valence-corrected chi connectivity index (χ0v) is 32.4. The predicted molar refractivity (Wildman–Crippen MR) is 245 cm³/mol. The number of rotatable bonds is 5. The summed E-state index contributed by atoms with van der Waals surface area (Å²) in [6.45, 7) is 4.82. The molecular formula is C55H39N3. The average molecular weight is 742 g/mol. The number of hydrogen-bond acceptors (Lipinski definition) is 1. The Hall–Kier alpha value is -7.36. The van der Waals surface area contributed by atoms with E-state index in [4.69, 9.17) is 0 Å². The van der Waals surface area contributed by atoms with Crippen LogP contribution in [0.2, 0.25) is 0 Å². The van der Waals surface area contributed by atoms with E-state index in [9.17, 15) is 0 Å². The molecule has 0 aliphatic heterocycles. The summed E-state index contributed by atoms with van der Waals surface area (Å²) < 4.78 is 4.85. The van der Waals surface area contributed by atoms with Gasteiger partial charge in [0.05, 0.1) is 33.4 Å². The molecule has 12 rings (SSSR count). The molecule has 0 saturated heterocycles. The molecule has 3 nitrogen and oxygen atoms in total. The van der Waals surface area contributed by atoms with Gasteiger partial charge in [-0.15, -0.1) is 0 Å². The van der Waals surface area contributed by atoms with Gasteiger partial charge in [0, 0.05) is 49.4 Å². The first kappa shape index (κ1) is 32.8. The lowest BCUT2D eigenvalue weighted by Crippen LogP contribution is -2.17. The molecule has 11 aromatic rings. The summed E-state index contributed by atoms with van der Waals surface area (Å²) >= 11 is 0. The molecule has 1 aliphatic rings. The second kappa shape index (κ2) is 12.3. The molecule has 2 aromatic heterocycles. The summed E-state index contributed by atoms with van der Waals surface area (Å²) in [6, 6.07) is 73.5. The van der Waals surface area contributed by atoms with E-state index in [0.717, 1.165) is 17.1 Å². The van der Waals surface area contributed by atoms with Crippen molar-refractivity contribution in [2.45, 2.75) is 19.3 Å². The third-order valence-corrected chi connectivity index (χ3v) is 12.7. The lowest BCUT2D eigenvalue weighted by molar-refractivity contribution is 0.660. The zero-order valence-electron chi connectivity index (χ0n) is 32.4. The van der Waals surface area contributed by atoms with Crippen LogP contribution in [0.1, 0.15) is 25.0 Å². The van der Waals surface area contributed by atoms with E-state index in [1.807, 2.05) is 0 Å². The Balaban J connectivity index is 1.12. The number of nitrogens with zero attached hydrogens (tertiary/aromatic N) is 3. The predicted octanol–water partition coefficient (Wildman–Crippen LogP) is 14.8. The summed E-state index contributed by atoms with van der Waals surface area (Å²) in [5.41, 5.74) is 15.7. The Labute approximate surface area is 337 Å². The Morgan fingerprint density at radius 3 is 1.60 bits per heavy atom. The van der Waals surface area contributed by atoms with Crippen LogP contribution in [0.15, 0.2) is 200 Å². The van der Waals surface area contributed by atoms with Gasteiger partial charge in [-0.3, -0.25) is 0 Å². The molecule has 0 unspecified atom stereocenters. The molecule has 0 fully saturated rings. The lowest BCUT2D eigenvalue weighted by atomic mass is 9.81. The first-order valence-corrected chi connectivity index (χ1v) is 20.2. The van der Waals surface area contributed by atoms with Crippen LogP contribution >= 0.6 is 0 Å². The summed E-state index contributed by atoms with van der Waals surface area (Å²) in [6.07, 6.45) is 0. The van der Waals surface area contributed by atoms with E-state index in [2.05, 4.69) is 228 Å². The average Bonchev–Trinajstić information content (AvgIpc) is 3.88. The van der Waals surface area contributed by atoms with Gasteiger partial charge >= 0.3 is 0 Å². The number of para-hydroxylation sites is 5. The van der Waals surface area contributed by atoms with Crippen LogP contribution in [-0.4, -0.2) is 9.13 Å². The summed E-state index contributed by atoms with van der Waals surface area (Å²) in [7, 11) is 0. The summed E-state index contributed by atoms with van der Waals surface area (Å²) in [5.74, 6) is 0. The molecule has 9 aromatic carbocycles. The highest BCUT2D eigenvalue weighted by atomic mass is 15.1. The van der Waals surface area contributed by atoms with Crippen LogP contribution in [0.25, 0.3) is 76.9 Å². The molecule has 1 aliphatic carbocycles. The molecule has 0 radical (unpaired) electrons. The molecule has 0 amide bonds. The van der Waals surface area contributed by atoms with Crippen molar-refractivity contribution in [3.63, 3.8) is 0 Å². The Morgan fingerprint density at radius 2 is 0.914 bits per heavy atom. The molecular weight excluding hydrogens is 703 g/mol. The Morgan fingerprint density at radius 1 is 0.379 bits per heavy atom. The summed E-state index contributed by atoms with van der Waals surface area (Å²) in [4.78, 5) is 2.51. The first-order chi connectivity index (χ1) is 28.6. The maximum Gasteiger partial charge on any atom is 0.0562 e. The summed E-state index contributed by atoms with van der Waals surface area (Å²) in [5, 5.41) is 7.51. The van der Waals surface area contributed by atoms with E-state index >= 15 is 0 Å². The second-order valence-corrected chi connectivity index (χ2v) is 16.1. The normalized spacial score (nSPS) is 13.1. The van der Waals surface area contributed by atoms with Crippen LogP contribution < -0.4 is 4.90 Å². The fraction of sp³-hybridized carbons (Fsp3) is 0.0545. The highest BCUT2D eigenvalue weighted by Crippen LogP contribution is 2.56. The Bertz CT molecular complexity index is 3370. The van der Waals surface area contributed by atoms with E-state index in [0.29, 0.717) is 0 Å². The van der Waals surface area contributed by atoms with Crippen molar-refractivity contribution in [3.05, 3.63) is 211 Å². The number of aromatic nitrogens is 2. The van der Waals surface area contributed by atoms with Crippen molar-refractivity contribution in [2.75, 3.05) is 4.90 Å². The second-order valence-electron chi connectivity index (χ2n) is 16.1. The SMILES string of the molecule is CC1(C)c2cc(-n3c4ccccc4c4ccccc43)ccc2-c2c1cc(N(c1ccccc1)c1cccc3c1c1ccccc1n3-c1ccccc1)c1ccccc21. The lowest BCUT2D eigenvalue weighted by Gasteiger charge is -2.30. The van der Waals surface area contributed by atoms with Crippen LogP contribution in [-0.2, 0) is 5.41 Å². The van der Waals surface area contributed by atoms with Gasteiger partial charge in [0.2, 0.25) is 0 Å². The molecule has 274 valence electrons. The molecule has 0 spiro atoms. The quantitative estimate of drug-likeness (QED) is 0.171. The minimum Gasteiger partial charge on any atom is -0.309 e. The standard InChI is InChI=1S/C55H39N3/c1-55(2)45-34-38(58-47-27-14-11-22-39(47)40-23-12-15-28-48(40)58)32-33-43(45)53-42-25-10-9-24-41(42)52(35-46(53)55)57(37-20-7-4-8-21-37)51-31-17-30-50-54(51)44-26-13-16-29-49(44)56(50)36-18-5-3-6-19-36/h3-35H,1-2H3. The van der Waals surface area contributed by atoms with E-state index < -0.39 is 0 Å². The van der Waals surface area contributed by atoms with Gasteiger partial charge < -0.3 is 14.0 Å². The van der Waals surface area contributed by atoms with Gasteiger partial charge in [0.15, 0.2) is 0 Å². The fourth-order valence-electron chi connectivity index (χ4n) is 10.1. The van der Waals surface area contributed by atoms with Gasteiger partial charge in [-0.2, -0.15) is 0 Å². The van der Waals surface area contributed by atoms with Crippen LogP contribution in [0.3, 0.4) is 0 Å². The minimum absolute atomic E-state index is 0.268. The smallest absolute Gasteiger partial charge is 0.0562 e. The maximum absolute atomic E-state index is 2.51. The molecule has 58 heavy (non-hydrogen) atoms. The maximum atomic E-state index is 2.51. The highest BCUT2D eigenvalue weighted by Gasteiger charge is 2.38. The molecule has 2 heterocycles. The third-order valence-electron chi connectivity index (χ3n) is 12.7. The van der Waals surface area contributed by atoms with E-state index in [1.165, 1.54) is 88.0 Å². The first-order valence-electron chi connectivity index (χ1n) is 20.2. The number of benzene rings is 9. The van der Waals surface area contributed by atoms with Gasteiger partial charge in [-0.25, -0.2) is 0 Å².